The first-order valence-electron chi connectivity index (χ1n) is 7.43. The second-order valence-electron chi connectivity index (χ2n) is 5.36. The summed E-state index contributed by atoms with van der Waals surface area (Å²) in [6, 6.07) is 8.48. The van der Waals surface area contributed by atoms with E-state index in [0.717, 1.165) is 6.42 Å². The van der Waals surface area contributed by atoms with E-state index in [1.165, 1.54) is 6.07 Å². The largest absolute Gasteiger partial charge is 0.368 e. The van der Waals surface area contributed by atoms with Gasteiger partial charge in [-0.05, 0) is 25.0 Å². The number of hydrazine groups is 1. The number of amides is 2. The zero-order valence-electron chi connectivity index (χ0n) is 12.5. The Balaban J connectivity index is 1.65. The SMILES string of the molecule is O=C(Cn1ccc(=O)c2ccccc21)NNC(=O)C1CCCO1. The van der Waals surface area contributed by atoms with E-state index in [1.54, 1.807) is 35.0 Å². The van der Waals surface area contributed by atoms with Crippen molar-refractivity contribution < 1.29 is 14.3 Å². The first-order chi connectivity index (χ1) is 11.1. The van der Waals surface area contributed by atoms with Gasteiger partial charge in [-0.15, -0.1) is 0 Å². The van der Waals surface area contributed by atoms with Crippen LogP contribution in [0.1, 0.15) is 12.8 Å². The standard InChI is InChI=1S/C16H17N3O4/c20-13-7-8-19(12-5-2-1-4-11(12)13)10-15(21)17-18-16(22)14-6-3-9-23-14/h1-2,4-5,7-8,14H,3,6,9-10H2,(H,17,21)(H,18,22). The first kappa shape index (κ1) is 15.2. The number of nitrogens with one attached hydrogen (secondary N) is 2. The first-order valence-corrected chi connectivity index (χ1v) is 7.43. The van der Waals surface area contributed by atoms with Crippen molar-refractivity contribution >= 4 is 22.7 Å². The maximum absolute atomic E-state index is 12.0. The maximum atomic E-state index is 12.0. The summed E-state index contributed by atoms with van der Waals surface area (Å²) in [6.07, 6.45) is 2.57. The Bertz CT molecular complexity index is 793. The average Bonchev–Trinajstić information content (AvgIpc) is 3.10. The van der Waals surface area contributed by atoms with Crippen molar-refractivity contribution in [3.05, 3.63) is 46.8 Å². The predicted octanol–water partition coefficient (Wildman–Crippen LogP) is 0.328. The molecule has 0 aliphatic carbocycles. The van der Waals surface area contributed by atoms with Gasteiger partial charge in [0.1, 0.15) is 12.6 Å². The monoisotopic (exact) mass is 315 g/mol. The molecule has 3 rings (SSSR count). The van der Waals surface area contributed by atoms with E-state index < -0.39 is 6.10 Å². The Morgan fingerprint density at radius 3 is 2.83 bits per heavy atom. The number of aromatic nitrogens is 1. The van der Waals surface area contributed by atoms with E-state index in [-0.39, 0.29) is 23.8 Å². The molecule has 1 aliphatic heterocycles. The molecule has 0 radical (unpaired) electrons. The van der Waals surface area contributed by atoms with Crippen LogP contribution in [-0.2, 0) is 20.9 Å². The topological polar surface area (TPSA) is 89.4 Å². The number of ether oxygens (including phenoxy) is 1. The Labute approximate surface area is 132 Å². The third kappa shape index (κ3) is 3.40. The fourth-order valence-electron chi connectivity index (χ4n) is 2.59. The number of nitrogens with zero attached hydrogens (tertiary/aromatic N) is 1. The van der Waals surface area contributed by atoms with Crippen LogP contribution in [0.4, 0.5) is 0 Å². The molecule has 2 amide bonds. The maximum Gasteiger partial charge on any atom is 0.267 e. The van der Waals surface area contributed by atoms with Gasteiger partial charge in [0.15, 0.2) is 5.43 Å². The number of pyridine rings is 1. The van der Waals surface area contributed by atoms with Gasteiger partial charge in [0, 0.05) is 24.3 Å². The normalized spacial score (nSPS) is 17.1. The van der Waals surface area contributed by atoms with Crippen molar-refractivity contribution in [3.63, 3.8) is 0 Å². The van der Waals surface area contributed by atoms with Gasteiger partial charge in [-0.25, -0.2) is 0 Å². The van der Waals surface area contributed by atoms with Gasteiger partial charge >= 0.3 is 0 Å². The smallest absolute Gasteiger partial charge is 0.267 e. The van der Waals surface area contributed by atoms with Crippen LogP contribution in [0.5, 0.6) is 0 Å². The highest BCUT2D eigenvalue weighted by Crippen LogP contribution is 2.11. The lowest BCUT2D eigenvalue weighted by Gasteiger charge is -2.13. The van der Waals surface area contributed by atoms with Gasteiger partial charge < -0.3 is 9.30 Å². The van der Waals surface area contributed by atoms with E-state index >= 15 is 0 Å². The number of hydrogen-bond acceptors (Lipinski definition) is 4. The lowest BCUT2D eigenvalue weighted by Crippen LogP contribution is -2.47. The number of hydrogen-bond donors (Lipinski definition) is 2. The van der Waals surface area contributed by atoms with Gasteiger partial charge in [-0.2, -0.15) is 0 Å². The molecule has 0 saturated carbocycles. The molecule has 2 heterocycles. The molecule has 1 fully saturated rings. The quantitative estimate of drug-likeness (QED) is 0.799. The molecule has 120 valence electrons. The molecule has 1 unspecified atom stereocenters. The molecule has 1 aliphatic rings. The summed E-state index contributed by atoms with van der Waals surface area (Å²) < 4.78 is 6.89. The van der Waals surface area contributed by atoms with Crippen LogP contribution in [-0.4, -0.2) is 29.1 Å². The minimum Gasteiger partial charge on any atom is -0.368 e. The minimum atomic E-state index is -0.497. The summed E-state index contributed by atoms with van der Waals surface area (Å²) in [4.78, 5) is 35.5. The highest BCUT2D eigenvalue weighted by Gasteiger charge is 2.23. The lowest BCUT2D eigenvalue weighted by molar-refractivity contribution is -0.135. The predicted molar refractivity (Wildman–Crippen MR) is 83.5 cm³/mol. The third-order valence-corrected chi connectivity index (χ3v) is 3.75. The van der Waals surface area contributed by atoms with Crippen LogP contribution in [0.3, 0.4) is 0 Å². The molecule has 0 bridgehead atoms. The number of fused-ring (bicyclic) bond motifs is 1. The van der Waals surface area contributed by atoms with Gasteiger partial charge in [0.25, 0.3) is 11.8 Å². The molecule has 1 atom stereocenters. The molecule has 7 nitrogen and oxygen atoms in total. The van der Waals surface area contributed by atoms with E-state index in [0.29, 0.717) is 23.9 Å². The fraction of sp³-hybridized carbons (Fsp3) is 0.312. The average molecular weight is 315 g/mol. The highest BCUT2D eigenvalue weighted by molar-refractivity contribution is 5.86. The Kier molecular flexibility index (Phi) is 4.38. The van der Waals surface area contributed by atoms with Crippen LogP contribution >= 0.6 is 0 Å². The summed E-state index contributed by atoms with van der Waals surface area (Å²) in [6.45, 7) is 0.558. The zero-order chi connectivity index (χ0) is 16.2. The van der Waals surface area contributed by atoms with E-state index in [1.807, 2.05) is 0 Å². The fourth-order valence-corrected chi connectivity index (χ4v) is 2.59. The molecule has 1 aromatic carbocycles. The van der Waals surface area contributed by atoms with Gasteiger partial charge in [-0.3, -0.25) is 25.2 Å². The molecule has 1 aromatic heterocycles. The van der Waals surface area contributed by atoms with Crippen LogP contribution in [0.15, 0.2) is 41.3 Å². The molecular formula is C16H17N3O4. The second kappa shape index (κ2) is 6.62. The lowest BCUT2D eigenvalue weighted by atomic mass is 10.2. The van der Waals surface area contributed by atoms with Crippen LogP contribution in [0.25, 0.3) is 10.9 Å². The molecule has 7 heteroatoms. The molecule has 2 N–H and O–H groups in total. The van der Waals surface area contributed by atoms with Crippen molar-refractivity contribution in [1.82, 2.24) is 15.4 Å². The van der Waals surface area contributed by atoms with E-state index in [9.17, 15) is 14.4 Å². The van der Waals surface area contributed by atoms with Crippen molar-refractivity contribution in [1.29, 1.82) is 0 Å². The van der Waals surface area contributed by atoms with E-state index in [4.69, 9.17) is 4.74 Å². The number of rotatable bonds is 3. The summed E-state index contributed by atoms with van der Waals surface area (Å²) in [5, 5.41) is 0.547. The molecular weight excluding hydrogens is 298 g/mol. The number of para-hydroxylation sites is 1. The van der Waals surface area contributed by atoms with Crippen molar-refractivity contribution in [2.24, 2.45) is 0 Å². The molecule has 23 heavy (non-hydrogen) atoms. The van der Waals surface area contributed by atoms with E-state index in [2.05, 4.69) is 10.9 Å². The zero-order valence-corrected chi connectivity index (χ0v) is 12.5. The van der Waals surface area contributed by atoms with Gasteiger partial charge in [0.2, 0.25) is 0 Å². The summed E-state index contributed by atoms with van der Waals surface area (Å²) in [5.41, 5.74) is 5.31. The molecule has 1 saturated heterocycles. The molecule has 2 aromatic rings. The minimum absolute atomic E-state index is 0.00734. The summed E-state index contributed by atoms with van der Waals surface area (Å²) >= 11 is 0. The second-order valence-corrected chi connectivity index (χ2v) is 5.36. The third-order valence-electron chi connectivity index (χ3n) is 3.75. The number of benzene rings is 1. The Morgan fingerprint density at radius 2 is 2.04 bits per heavy atom. The Hall–Kier alpha value is -2.67. The van der Waals surface area contributed by atoms with Crippen LogP contribution < -0.4 is 16.3 Å². The van der Waals surface area contributed by atoms with Crippen LogP contribution in [0.2, 0.25) is 0 Å². The summed E-state index contributed by atoms with van der Waals surface area (Å²) in [5.74, 6) is -0.731. The van der Waals surface area contributed by atoms with Crippen molar-refractivity contribution in [2.45, 2.75) is 25.5 Å². The number of carbonyl (C=O) groups is 2. The van der Waals surface area contributed by atoms with Gasteiger partial charge in [0.05, 0.1) is 5.52 Å². The van der Waals surface area contributed by atoms with Crippen molar-refractivity contribution in [2.75, 3.05) is 6.61 Å². The van der Waals surface area contributed by atoms with Gasteiger partial charge in [-0.1, -0.05) is 12.1 Å². The summed E-state index contributed by atoms with van der Waals surface area (Å²) in [7, 11) is 0. The highest BCUT2D eigenvalue weighted by atomic mass is 16.5. The molecule has 0 spiro atoms. The number of carbonyl (C=O) groups excluding carboxylic acids is 2. The van der Waals surface area contributed by atoms with Crippen LogP contribution in [0, 0.1) is 0 Å². The van der Waals surface area contributed by atoms with Crippen molar-refractivity contribution in [3.8, 4) is 0 Å². The Morgan fingerprint density at radius 1 is 1.22 bits per heavy atom.